The summed E-state index contributed by atoms with van der Waals surface area (Å²) in [5, 5.41) is 6.39. The largest absolute Gasteiger partial charge is 0.497 e. The van der Waals surface area contributed by atoms with Crippen LogP contribution in [0, 0.1) is 5.82 Å². The lowest BCUT2D eigenvalue weighted by Crippen LogP contribution is -1.94. The molecular formula is C11H12FN3O2. The molecule has 0 unspecified atom stereocenters. The highest BCUT2D eigenvalue weighted by Crippen LogP contribution is 2.35. The van der Waals surface area contributed by atoms with Crippen molar-refractivity contribution in [3.63, 3.8) is 0 Å². The van der Waals surface area contributed by atoms with Crippen LogP contribution < -0.4 is 15.2 Å². The minimum absolute atomic E-state index is 0.275. The van der Waals surface area contributed by atoms with E-state index in [1.54, 1.807) is 6.07 Å². The highest BCUT2D eigenvalue weighted by atomic mass is 19.1. The maximum absolute atomic E-state index is 13.9. The second-order valence-corrected chi connectivity index (χ2v) is 3.39. The van der Waals surface area contributed by atoms with Gasteiger partial charge in [-0.05, 0) is 0 Å². The number of H-pyrrole nitrogens is 1. The Labute approximate surface area is 97.3 Å². The molecule has 0 saturated carbocycles. The highest BCUT2D eigenvalue weighted by Gasteiger charge is 2.16. The Balaban J connectivity index is 2.60. The van der Waals surface area contributed by atoms with Crippen molar-refractivity contribution in [3.8, 4) is 22.8 Å². The number of ether oxygens (including phenoxy) is 2. The van der Waals surface area contributed by atoms with Gasteiger partial charge in [-0.1, -0.05) is 0 Å². The summed E-state index contributed by atoms with van der Waals surface area (Å²) in [5.74, 6) is 0.559. The van der Waals surface area contributed by atoms with Crippen LogP contribution in [0.2, 0.25) is 0 Å². The third-order valence-corrected chi connectivity index (χ3v) is 2.35. The van der Waals surface area contributed by atoms with E-state index in [0.717, 1.165) is 0 Å². The fourth-order valence-electron chi connectivity index (χ4n) is 1.56. The second kappa shape index (κ2) is 4.32. The zero-order valence-corrected chi connectivity index (χ0v) is 9.45. The average Bonchev–Trinajstić information content (AvgIpc) is 2.74. The van der Waals surface area contributed by atoms with Crippen LogP contribution in [-0.2, 0) is 0 Å². The minimum atomic E-state index is -0.468. The van der Waals surface area contributed by atoms with Crippen LogP contribution in [0.25, 0.3) is 11.3 Å². The molecule has 1 heterocycles. The van der Waals surface area contributed by atoms with Crippen molar-refractivity contribution in [3.05, 3.63) is 24.0 Å². The number of hydrogen-bond acceptors (Lipinski definition) is 4. The maximum atomic E-state index is 13.9. The van der Waals surface area contributed by atoms with Gasteiger partial charge >= 0.3 is 0 Å². The number of benzene rings is 1. The van der Waals surface area contributed by atoms with Crippen LogP contribution in [0.15, 0.2) is 18.2 Å². The summed E-state index contributed by atoms with van der Waals surface area (Å²) >= 11 is 0. The zero-order chi connectivity index (χ0) is 12.4. The number of halogens is 1. The Kier molecular flexibility index (Phi) is 2.86. The van der Waals surface area contributed by atoms with Gasteiger partial charge in [0.05, 0.1) is 25.5 Å². The summed E-state index contributed by atoms with van der Waals surface area (Å²) in [5.41, 5.74) is 6.22. The molecule has 2 aromatic rings. The molecule has 3 N–H and O–H groups in total. The third kappa shape index (κ3) is 2.01. The lowest BCUT2D eigenvalue weighted by Gasteiger charge is -2.10. The van der Waals surface area contributed by atoms with Crippen LogP contribution in [0.4, 0.5) is 10.2 Å². The Morgan fingerprint density at radius 1 is 1.24 bits per heavy atom. The number of nitrogens with one attached hydrogen (secondary N) is 1. The SMILES string of the molecule is COc1cc(F)c(-c2cc(N)n[nH]2)c(OC)c1. The molecule has 17 heavy (non-hydrogen) atoms. The second-order valence-electron chi connectivity index (χ2n) is 3.39. The molecular weight excluding hydrogens is 225 g/mol. The fourth-order valence-corrected chi connectivity index (χ4v) is 1.56. The van der Waals surface area contributed by atoms with Gasteiger partial charge in [-0.3, -0.25) is 5.10 Å². The molecule has 0 bridgehead atoms. The van der Waals surface area contributed by atoms with Gasteiger partial charge in [-0.15, -0.1) is 0 Å². The summed E-state index contributed by atoms with van der Waals surface area (Å²) in [6, 6.07) is 4.40. The Morgan fingerprint density at radius 2 is 2.00 bits per heavy atom. The predicted molar refractivity (Wildman–Crippen MR) is 61.5 cm³/mol. The van der Waals surface area contributed by atoms with Crippen molar-refractivity contribution in [2.45, 2.75) is 0 Å². The quantitative estimate of drug-likeness (QED) is 0.853. The first-order valence-electron chi connectivity index (χ1n) is 4.88. The van der Waals surface area contributed by atoms with E-state index < -0.39 is 5.82 Å². The van der Waals surface area contributed by atoms with E-state index in [-0.39, 0.29) is 11.4 Å². The van der Waals surface area contributed by atoms with Gasteiger partial charge in [0.1, 0.15) is 23.1 Å². The van der Waals surface area contributed by atoms with Crippen LogP contribution in [0.3, 0.4) is 0 Å². The van der Waals surface area contributed by atoms with Gasteiger partial charge in [-0.2, -0.15) is 5.10 Å². The van der Waals surface area contributed by atoms with Crippen LogP contribution in [0.1, 0.15) is 0 Å². The molecule has 0 aliphatic carbocycles. The number of rotatable bonds is 3. The summed E-state index contributed by atoms with van der Waals surface area (Å²) in [6.07, 6.45) is 0. The summed E-state index contributed by atoms with van der Waals surface area (Å²) in [6.45, 7) is 0. The molecule has 0 fully saturated rings. The number of nitrogens with zero attached hydrogens (tertiary/aromatic N) is 1. The first-order valence-corrected chi connectivity index (χ1v) is 4.88. The topological polar surface area (TPSA) is 73.2 Å². The number of anilines is 1. The standard InChI is InChI=1S/C11H12FN3O2/c1-16-6-3-7(12)11(9(4-6)17-2)8-5-10(13)15-14-8/h3-5H,1-2H3,(H3,13,14,15). The Bertz CT molecular complexity index is 540. The van der Waals surface area contributed by atoms with Gasteiger partial charge < -0.3 is 15.2 Å². The summed E-state index contributed by atoms with van der Waals surface area (Å²) < 4.78 is 24.0. The van der Waals surface area contributed by atoms with Crippen LogP contribution in [-0.4, -0.2) is 24.4 Å². The van der Waals surface area contributed by atoms with Crippen molar-refractivity contribution in [1.29, 1.82) is 0 Å². The van der Waals surface area contributed by atoms with E-state index in [1.165, 1.54) is 26.4 Å². The molecule has 0 radical (unpaired) electrons. The molecule has 0 aliphatic rings. The van der Waals surface area contributed by atoms with Crippen LogP contribution in [0.5, 0.6) is 11.5 Å². The summed E-state index contributed by atoms with van der Waals surface area (Å²) in [7, 11) is 2.92. The molecule has 0 atom stereocenters. The Hall–Kier alpha value is -2.24. The molecule has 1 aromatic carbocycles. The molecule has 0 aliphatic heterocycles. The molecule has 2 rings (SSSR count). The number of aromatic amines is 1. The monoisotopic (exact) mass is 237 g/mol. The van der Waals surface area contributed by atoms with Crippen molar-refractivity contribution in [1.82, 2.24) is 10.2 Å². The number of hydrogen-bond donors (Lipinski definition) is 2. The van der Waals surface area contributed by atoms with E-state index in [9.17, 15) is 4.39 Å². The van der Waals surface area contributed by atoms with E-state index in [0.29, 0.717) is 17.2 Å². The smallest absolute Gasteiger partial charge is 0.145 e. The van der Waals surface area contributed by atoms with Gasteiger partial charge in [0, 0.05) is 18.2 Å². The van der Waals surface area contributed by atoms with E-state index in [1.807, 2.05) is 0 Å². The first-order chi connectivity index (χ1) is 8.15. The zero-order valence-electron chi connectivity index (χ0n) is 9.45. The molecule has 1 aromatic heterocycles. The van der Waals surface area contributed by atoms with E-state index in [2.05, 4.69) is 10.2 Å². The molecule has 90 valence electrons. The predicted octanol–water partition coefficient (Wildman–Crippen LogP) is 1.82. The van der Waals surface area contributed by atoms with Gasteiger partial charge in [0.25, 0.3) is 0 Å². The molecule has 6 heteroatoms. The molecule has 5 nitrogen and oxygen atoms in total. The van der Waals surface area contributed by atoms with Crippen molar-refractivity contribution in [2.75, 3.05) is 20.0 Å². The highest BCUT2D eigenvalue weighted by molar-refractivity contribution is 5.71. The lowest BCUT2D eigenvalue weighted by molar-refractivity contribution is 0.390. The third-order valence-electron chi connectivity index (χ3n) is 2.35. The lowest BCUT2D eigenvalue weighted by atomic mass is 10.1. The number of aromatic nitrogens is 2. The van der Waals surface area contributed by atoms with E-state index >= 15 is 0 Å². The molecule has 0 amide bonds. The van der Waals surface area contributed by atoms with Crippen molar-refractivity contribution < 1.29 is 13.9 Å². The fraction of sp³-hybridized carbons (Fsp3) is 0.182. The normalized spacial score (nSPS) is 10.3. The molecule has 0 spiro atoms. The first kappa shape index (κ1) is 11.3. The van der Waals surface area contributed by atoms with Gasteiger partial charge in [0.15, 0.2) is 0 Å². The van der Waals surface area contributed by atoms with Crippen molar-refractivity contribution >= 4 is 5.82 Å². The average molecular weight is 237 g/mol. The maximum Gasteiger partial charge on any atom is 0.145 e. The van der Waals surface area contributed by atoms with Gasteiger partial charge in [-0.25, -0.2) is 4.39 Å². The number of methoxy groups -OCH3 is 2. The van der Waals surface area contributed by atoms with Crippen molar-refractivity contribution in [2.24, 2.45) is 0 Å². The molecule has 0 saturated heterocycles. The number of nitrogens with two attached hydrogens (primary N) is 1. The number of nitrogen functional groups attached to an aromatic ring is 1. The Morgan fingerprint density at radius 3 is 2.53 bits per heavy atom. The summed E-state index contributed by atoms with van der Waals surface area (Å²) in [4.78, 5) is 0. The minimum Gasteiger partial charge on any atom is -0.497 e. The van der Waals surface area contributed by atoms with Crippen LogP contribution >= 0.6 is 0 Å². The van der Waals surface area contributed by atoms with Gasteiger partial charge in [0.2, 0.25) is 0 Å². The van der Waals surface area contributed by atoms with E-state index in [4.69, 9.17) is 15.2 Å².